The van der Waals surface area contributed by atoms with Gasteiger partial charge in [0.25, 0.3) is 5.91 Å². The number of sulfonamides is 1. The van der Waals surface area contributed by atoms with Gasteiger partial charge >= 0.3 is 0 Å². The summed E-state index contributed by atoms with van der Waals surface area (Å²) in [7, 11) is -3.13. The summed E-state index contributed by atoms with van der Waals surface area (Å²) in [5.41, 5.74) is 0.434. The zero-order chi connectivity index (χ0) is 16.6. The molecular formula is C15H24N4O3S. The molecule has 3 heterocycles. The molecule has 2 fully saturated rings. The first-order valence-corrected chi connectivity index (χ1v) is 9.81. The minimum atomic E-state index is -3.13. The molecule has 0 aromatic carbocycles. The zero-order valence-electron chi connectivity index (χ0n) is 13.7. The minimum absolute atomic E-state index is 0.0904. The van der Waals surface area contributed by atoms with Crippen molar-refractivity contribution in [3.8, 4) is 0 Å². The Hall–Kier alpha value is -1.41. The Morgan fingerprint density at radius 2 is 2.09 bits per heavy atom. The summed E-state index contributed by atoms with van der Waals surface area (Å²) in [4.78, 5) is 18.6. The molecular weight excluding hydrogens is 316 g/mol. The lowest BCUT2D eigenvalue weighted by atomic mass is 10.1. The number of carbonyl (C=O) groups excluding carboxylic acids is 1. The van der Waals surface area contributed by atoms with Gasteiger partial charge < -0.3 is 9.47 Å². The highest BCUT2D eigenvalue weighted by Crippen LogP contribution is 2.24. The summed E-state index contributed by atoms with van der Waals surface area (Å²) in [6, 6.07) is 0.167. The molecule has 0 bridgehead atoms. The highest BCUT2D eigenvalue weighted by molar-refractivity contribution is 7.89. The fraction of sp³-hybridized carbons (Fsp3) is 0.733. The maximum atomic E-state index is 12.6. The van der Waals surface area contributed by atoms with Gasteiger partial charge in [-0.05, 0) is 33.1 Å². The van der Waals surface area contributed by atoms with E-state index in [2.05, 4.69) is 4.98 Å². The molecule has 1 unspecified atom stereocenters. The number of aromatic nitrogens is 2. The van der Waals surface area contributed by atoms with Crippen molar-refractivity contribution in [3.05, 3.63) is 18.2 Å². The van der Waals surface area contributed by atoms with Crippen LogP contribution < -0.4 is 0 Å². The predicted octanol–water partition coefficient (Wildman–Crippen LogP) is 1.10. The molecule has 3 rings (SSSR count). The molecule has 1 aromatic heterocycles. The molecule has 0 saturated carbocycles. The second-order valence-corrected chi connectivity index (χ2v) is 8.67. The van der Waals surface area contributed by atoms with E-state index < -0.39 is 10.0 Å². The molecule has 8 heteroatoms. The van der Waals surface area contributed by atoms with Gasteiger partial charge in [-0.2, -0.15) is 4.31 Å². The topological polar surface area (TPSA) is 75.5 Å². The summed E-state index contributed by atoms with van der Waals surface area (Å²) in [6.45, 7) is 5.78. The van der Waals surface area contributed by atoms with Crippen molar-refractivity contribution < 1.29 is 13.2 Å². The van der Waals surface area contributed by atoms with Crippen molar-refractivity contribution in [2.45, 2.75) is 45.2 Å². The van der Waals surface area contributed by atoms with E-state index in [-0.39, 0.29) is 23.7 Å². The van der Waals surface area contributed by atoms with Crippen LogP contribution in [0, 0.1) is 0 Å². The molecule has 128 valence electrons. The van der Waals surface area contributed by atoms with Gasteiger partial charge in [0.05, 0.1) is 12.1 Å². The second-order valence-electron chi connectivity index (χ2n) is 6.63. The number of carbonyl (C=O) groups is 1. The third-order valence-electron chi connectivity index (χ3n) is 4.65. The minimum Gasteiger partial charge on any atom is -0.336 e. The number of amides is 1. The smallest absolute Gasteiger partial charge is 0.274 e. The number of piperidine rings is 1. The molecule has 0 N–H and O–H groups in total. The van der Waals surface area contributed by atoms with Crippen LogP contribution in [0.15, 0.2) is 12.5 Å². The molecule has 0 aliphatic carbocycles. The number of hydrogen-bond donors (Lipinski definition) is 0. The number of likely N-dealkylation sites (tertiary alicyclic amines) is 1. The third kappa shape index (κ3) is 3.28. The fourth-order valence-electron chi connectivity index (χ4n) is 3.33. The largest absolute Gasteiger partial charge is 0.336 e. The van der Waals surface area contributed by atoms with E-state index in [1.165, 1.54) is 0 Å². The summed E-state index contributed by atoms with van der Waals surface area (Å²) < 4.78 is 27.7. The first-order chi connectivity index (χ1) is 10.9. The Kier molecular flexibility index (Phi) is 4.46. The van der Waals surface area contributed by atoms with Crippen LogP contribution in [-0.2, 0) is 10.0 Å². The van der Waals surface area contributed by atoms with Crippen LogP contribution >= 0.6 is 0 Å². The van der Waals surface area contributed by atoms with Crippen molar-refractivity contribution in [3.63, 3.8) is 0 Å². The first-order valence-electron chi connectivity index (χ1n) is 8.21. The van der Waals surface area contributed by atoms with Crippen LogP contribution in [-0.4, -0.2) is 64.5 Å². The lowest BCUT2D eigenvalue weighted by Gasteiger charge is -2.36. The van der Waals surface area contributed by atoms with Crippen molar-refractivity contribution in [1.82, 2.24) is 18.8 Å². The molecule has 1 amide bonds. The van der Waals surface area contributed by atoms with Gasteiger partial charge in [-0.25, -0.2) is 13.4 Å². The van der Waals surface area contributed by atoms with Crippen LogP contribution in [0.2, 0.25) is 0 Å². The normalized spacial score (nSPS) is 25.2. The second kappa shape index (κ2) is 6.24. The van der Waals surface area contributed by atoms with Crippen LogP contribution in [0.4, 0.5) is 0 Å². The molecule has 1 aromatic rings. The SMILES string of the molecule is CC(C)n1cnc(C(=O)N2CCCC(N3CCCS3(=O)=O)C2)c1. The van der Waals surface area contributed by atoms with E-state index in [0.29, 0.717) is 31.7 Å². The standard InChI is InChI=1S/C15H24N4O3S/c1-12(2)18-10-14(16-11-18)15(20)17-6-3-5-13(9-17)19-7-4-8-23(19,21)22/h10-13H,3-9H2,1-2H3. The van der Waals surface area contributed by atoms with Crippen LogP contribution in [0.25, 0.3) is 0 Å². The Morgan fingerprint density at radius 1 is 1.30 bits per heavy atom. The van der Waals surface area contributed by atoms with Crippen molar-refractivity contribution in [1.29, 1.82) is 0 Å². The summed E-state index contributed by atoms with van der Waals surface area (Å²) >= 11 is 0. The van der Waals surface area contributed by atoms with E-state index in [4.69, 9.17) is 0 Å². The van der Waals surface area contributed by atoms with E-state index in [1.807, 2.05) is 18.4 Å². The molecule has 7 nitrogen and oxygen atoms in total. The fourth-order valence-corrected chi connectivity index (χ4v) is 5.10. The molecule has 2 aliphatic heterocycles. The van der Waals surface area contributed by atoms with E-state index >= 15 is 0 Å². The molecule has 0 radical (unpaired) electrons. The maximum Gasteiger partial charge on any atom is 0.274 e. The Balaban J connectivity index is 1.71. The Labute approximate surface area is 137 Å². The van der Waals surface area contributed by atoms with Gasteiger partial charge in [0.1, 0.15) is 5.69 Å². The maximum absolute atomic E-state index is 12.6. The highest BCUT2D eigenvalue weighted by Gasteiger charge is 2.37. The van der Waals surface area contributed by atoms with E-state index in [9.17, 15) is 13.2 Å². The number of rotatable bonds is 3. The lowest BCUT2D eigenvalue weighted by Crippen LogP contribution is -2.50. The van der Waals surface area contributed by atoms with E-state index in [0.717, 1.165) is 12.8 Å². The van der Waals surface area contributed by atoms with Gasteiger partial charge in [0.15, 0.2) is 0 Å². The molecule has 1 atom stereocenters. The predicted molar refractivity (Wildman–Crippen MR) is 86.6 cm³/mol. The molecule has 2 saturated heterocycles. The quantitative estimate of drug-likeness (QED) is 0.826. The summed E-state index contributed by atoms with van der Waals surface area (Å²) in [5.74, 6) is 0.127. The number of hydrogen-bond acceptors (Lipinski definition) is 4. The van der Waals surface area contributed by atoms with Crippen molar-refractivity contribution in [2.75, 3.05) is 25.4 Å². The zero-order valence-corrected chi connectivity index (χ0v) is 14.5. The van der Waals surface area contributed by atoms with Gasteiger partial charge in [-0.1, -0.05) is 0 Å². The highest BCUT2D eigenvalue weighted by atomic mass is 32.2. The summed E-state index contributed by atoms with van der Waals surface area (Å²) in [5, 5.41) is 0. The Bertz CT molecular complexity index is 683. The molecule has 0 spiro atoms. The monoisotopic (exact) mass is 340 g/mol. The average Bonchev–Trinajstić information content (AvgIpc) is 3.13. The molecule has 2 aliphatic rings. The van der Waals surface area contributed by atoms with Crippen LogP contribution in [0.3, 0.4) is 0 Å². The van der Waals surface area contributed by atoms with Gasteiger partial charge in [0, 0.05) is 37.9 Å². The van der Waals surface area contributed by atoms with E-state index in [1.54, 1.807) is 21.7 Å². The Morgan fingerprint density at radius 3 is 2.70 bits per heavy atom. The van der Waals surface area contributed by atoms with Crippen molar-refractivity contribution in [2.24, 2.45) is 0 Å². The van der Waals surface area contributed by atoms with Crippen molar-refractivity contribution >= 4 is 15.9 Å². The average molecular weight is 340 g/mol. The van der Waals surface area contributed by atoms with Crippen LogP contribution in [0.1, 0.15) is 49.6 Å². The third-order valence-corrected chi connectivity index (χ3v) is 6.65. The van der Waals surface area contributed by atoms with Gasteiger partial charge in [-0.15, -0.1) is 0 Å². The number of imidazole rings is 1. The van der Waals surface area contributed by atoms with Crippen LogP contribution in [0.5, 0.6) is 0 Å². The molecule has 23 heavy (non-hydrogen) atoms. The van der Waals surface area contributed by atoms with Gasteiger partial charge in [-0.3, -0.25) is 4.79 Å². The summed E-state index contributed by atoms with van der Waals surface area (Å²) in [6.07, 6.45) is 5.77. The first kappa shape index (κ1) is 16.4. The van der Waals surface area contributed by atoms with Gasteiger partial charge in [0.2, 0.25) is 10.0 Å². The lowest BCUT2D eigenvalue weighted by molar-refractivity contribution is 0.0653. The number of nitrogens with zero attached hydrogens (tertiary/aromatic N) is 4.